The Bertz CT molecular complexity index is 1520. The fourth-order valence-corrected chi connectivity index (χ4v) is 8.13. The standard InChI is InChI=1S/C36H62O32/c37-1-7-13(40)17(44)24(51)32(61-7)57-4-10-14(41)20(47)27(54)35(65-10)67-30-9(3-39)62-36(28(55)22(30)49)68-59-6-12-16(43)18(45)25(52)33(63-12)58-5-11-15(42)19(46)26(53)34(64-11)66-29-8(2-38)60-31(56)23(50)21(29)48/h7-56H,1-6H2/t7-,8-,9-,10-,11-,12-,13-,14-,15-,16-,17+,18+,19+,20+,21-,22-,23-,24-,25-,26-,27-,28-,29-,30-,31-,32+,33+,34-,35-,36-/m1/s1. The molecule has 6 aliphatic heterocycles. The molecule has 6 fully saturated rings. The van der Waals surface area contributed by atoms with Gasteiger partial charge in [0, 0.05) is 0 Å². The van der Waals surface area contributed by atoms with E-state index in [-0.39, 0.29) is 0 Å². The van der Waals surface area contributed by atoms with Crippen LogP contribution in [-0.2, 0) is 57.1 Å². The Hall–Kier alpha value is -1.28. The Morgan fingerprint density at radius 3 is 1.04 bits per heavy atom. The molecule has 0 aliphatic carbocycles. The molecule has 0 spiro atoms. The van der Waals surface area contributed by atoms with Crippen LogP contribution in [0.25, 0.3) is 0 Å². The van der Waals surface area contributed by atoms with Gasteiger partial charge in [-0.3, -0.25) is 0 Å². The summed E-state index contributed by atoms with van der Waals surface area (Å²) in [5.74, 6) is 0. The van der Waals surface area contributed by atoms with Gasteiger partial charge in [-0.25, -0.2) is 9.78 Å². The van der Waals surface area contributed by atoms with Gasteiger partial charge in [-0.15, -0.1) is 0 Å². The number of hydrogen-bond acceptors (Lipinski definition) is 32. The van der Waals surface area contributed by atoms with E-state index in [0.717, 1.165) is 0 Å². The number of aliphatic hydroxyl groups excluding tert-OH is 20. The largest absolute Gasteiger partial charge is 0.394 e. The highest BCUT2D eigenvalue weighted by Crippen LogP contribution is 2.33. The molecule has 398 valence electrons. The van der Waals surface area contributed by atoms with Crippen molar-refractivity contribution >= 4 is 0 Å². The Kier molecular flexibility index (Phi) is 19.9. The minimum atomic E-state index is -2.10. The van der Waals surface area contributed by atoms with Crippen molar-refractivity contribution in [2.45, 2.75) is 184 Å². The van der Waals surface area contributed by atoms with E-state index in [0.29, 0.717) is 0 Å². The minimum Gasteiger partial charge on any atom is -0.394 e. The van der Waals surface area contributed by atoms with Gasteiger partial charge in [-0.2, -0.15) is 0 Å². The third-order valence-corrected chi connectivity index (χ3v) is 12.3. The highest BCUT2D eigenvalue weighted by molar-refractivity contribution is 4.97. The van der Waals surface area contributed by atoms with E-state index in [1.54, 1.807) is 0 Å². The summed E-state index contributed by atoms with van der Waals surface area (Å²) in [6.07, 6.45) is -55.3. The maximum atomic E-state index is 11.0. The van der Waals surface area contributed by atoms with Crippen molar-refractivity contribution in [2.24, 2.45) is 0 Å². The molecule has 6 aliphatic rings. The lowest BCUT2D eigenvalue weighted by molar-refractivity contribution is -0.442. The molecule has 6 saturated heterocycles. The van der Waals surface area contributed by atoms with Crippen LogP contribution in [0, 0.1) is 0 Å². The first-order chi connectivity index (χ1) is 32.1. The first-order valence-corrected chi connectivity index (χ1v) is 21.3. The van der Waals surface area contributed by atoms with Gasteiger partial charge in [-0.05, 0) is 0 Å². The maximum absolute atomic E-state index is 11.0. The van der Waals surface area contributed by atoms with Crippen LogP contribution in [0.15, 0.2) is 0 Å². The van der Waals surface area contributed by atoms with Gasteiger partial charge < -0.3 is 149 Å². The van der Waals surface area contributed by atoms with Gasteiger partial charge >= 0.3 is 0 Å². The van der Waals surface area contributed by atoms with E-state index in [9.17, 15) is 102 Å². The molecule has 68 heavy (non-hydrogen) atoms. The fourth-order valence-electron chi connectivity index (χ4n) is 8.13. The zero-order valence-electron chi connectivity index (χ0n) is 35.4. The lowest BCUT2D eigenvalue weighted by Gasteiger charge is -2.46. The average molecular weight is 1010 g/mol. The molecule has 0 radical (unpaired) electrons. The smallest absolute Gasteiger partial charge is 0.220 e. The summed E-state index contributed by atoms with van der Waals surface area (Å²) in [4.78, 5) is 10.1. The topological polar surface area (TPSA) is 515 Å². The number of aliphatic hydroxyl groups is 20. The molecule has 0 aromatic carbocycles. The molecule has 0 aromatic heterocycles. The molecule has 6 rings (SSSR count). The second-order valence-corrected chi connectivity index (χ2v) is 16.9. The van der Waals surface area contributed by atoms with E-state index in [2.05, 4.69) is 0 Å². The third-order valence-electron chi connectivity index (χ3n) is 12.3. The van der Waals surface area contributed by atoms with Crippen molar-refractivity contribution < 1.29 is 159 Å². The van der Waals surface area contributed by atoms with E-state index >= 15 is 0 Å². The molecular weight excluding hydrogens is 944 g/mol. The summed E-state index contributed by atoms with van der Waals surface area (Å²) in [7, 11) is 0. The molecule has 0 unspecified atom stereocenters. The van der Waals surface area contributed by atoms with Gasteiger partial charge in [0.1, 0.15) is 153 Å². The van der Waals surface area contributed by atoms with Crippen LogP contribution in [0.3, 0.4) is 0 Å². The number of ether oxygens (including phenoxy) is 10. The van der Waals surface area contributed by atoms with E-state index in [1.165, 1.54) is 0 Å². The molecule has 6 heterocycles. The Labute approximate surface area is 383 Å². The lowest BCUT2D eigenvalue weighted by atomic mass is 9.97. The number of hydrogen-bond donors (Lipinski definition) is 20. The molecule has 0 bridgehead atoms. The highest BCUT2D eigenvalue weighted by atomic mass is 17.2. The quantitative estimate of drug-likeness (QED) is 0.0475. The molecule has 32 nitrogen and oxygen atoms in total. The molecule has 32 heteroatoms. The van der Waals surface area contributed by atoms with E-state index in [1.807, 2.05) is 0 Å². The van der Waals surface area contributed by atoms with Crippen LogP contribution >= 0.6 is 0 Å². The Morgan fingerprint density at radius 1 is 0.279 bits per heavy atom. The number of rotatable bonds is 17. The first-order valence-electron chi connectivity index (χ1n) is 21.3. The second-order valence-electron chi connectivity index (χ2n) is 16.9. The van der Waals surface area contributed by atoms with Crippen LogP contribution < -0.4 is 0 Å². The zero-order chi connectivity index (χ0) is 50.0. The zero-order valence-corrected chi connectivity index (χ0v) is 35.4. The normalized spacial score (nSPS) is 52.8. The molecule has 0 amide bonds. The van der Waals surface area contributed by atoms with Crippen LogP contribution in [-0.4, -0.2) is 326 Å². The first kappa shape index (κ1) is 56.0. The summed E-state index contributed by atoms with van der Waals surface area (Å²) in [6, 6.07) is 0. The predicted molar refractivity (Wildman–Crippen MR) is 200 cm³/mol. The summed E-state index contributed by atoms with van der Waals surface area (Å²) >= 11 is 0. The molecule has 30 atom stereocenters. The van der Waals surface area contributed by atoms with Gasteiger partial charge in [-0.1, -0.05) is 0 Å². The van der Waals surface area contributed by atoms with Crippen molar-refractivity contribution in [3.8, 4) is 0 Å². The van der Waals surface area contributed by atoms with Gasteiger partial charge in [0.05, 0.1) is 33.0 Å². The van der Waals surface area contributed by atoms with Crippen molar-refractivity contribution in [3.63, 3.8) is 0 Å². The molecular formula is C36H62O32. The Balaban J connectivity index is 1.01. The lowest BCUT2D eigenvalue weighted by Crippen LogP contribution is -2.65. The van der Waals surface area contributed by atoms with Gasteiger partial charge in [0.2, 0.25) is 6.29 Å². The van der Waals surface area contributed by atoms with E-state index in [4.69, 9.17) is 57.1 Å². The fraction of sp³-hybridized carbons (Fsp3) is 1.00. The predicted octanol–water partition coefficient (Wildman–Crippen LogP) is -14.2. The second kappa shape index (κ2) is 24.2. The van der Waals surface area contributed by atoms with E-state index < -0.39 is 224 Å². The average Bonchev–Trinajstić information content (AvgIpc) is 3.32. The van der Waals surface area contributed by atoms with Crippen LogP contribution in [0.1, 0.15) is 0 Å². The van der Waals surface area contributed by atoms with Crippen molar-refractivity contribution in [1.82, 2.24) is 0 Å². The summed E-state index contributed by atoms with van der Waals surface area (Å²) in [5.41, 5.74) is 0. The highest BCUT2D eigenvalue weighted by Gasteiger charge is 2.54. The third kappa shape index (κ3) is 11.9. The van der Waals surface area contributed by atoms with Gasteiger partial charge in [0.25, 0.3) is 0 Å². The SMILES string of the molecule is OC[C@H]1O[C@H](OC[C@H]2O[C@H](O[C@H]3[C@H](O)[C@@H](O)[C@@H](OOC[C@H]4O[C@H](OC[C@H]5O[C@H](O[C@H]6[C@H](O)[C@@H](O)[C@H](O)O[C@@H]6CO)[C@H](O)[C@@H](O)[C@@H]5O)[C@H](O)[C@@H](O)[C@@H]4O)O[C@@H]3CO)[C@H](O)[C@@H](O)[C@@H]2O)[C@H](O)[C@@H](O)[C@@H]1O. The molecule has 20 N–H and O–H groups in total. The van der Waals surface area contributed by atoms with Crippen LogP contribution in [0.2, 0.25) is 0 Å². The minimum absolute atomic E-state index is 0.737. The van der Waals surface area contributed by atoms with Gasteiger partial charge in [0.15, 0.2) is 31.5 Å². The Morgan fingerprint density at radius 2 is 0.603 bits per heavy atom. The van der Waals surface area contributed by atoms with Crippen molar-refractivity contribution in [1.29, 1.82) is 0 Å². The molecule has 0 aromatic rings. The monoisotopic (exact) mass is 1010 g/mol. The summed E-state index contributed by atoms with van der Waals surface area (Å²) < 4.78 is 54.2. The molecule has 0 saturated carbocycles. The summed E-state index contributed by atoms with van der Waals surface area (Å²) in [6.45, 7) is -5.01. The summed E-state index contributed by atoms with van der Waals surface area (Å²) in [5, 5.41) is 207. The van der Waals surface area contributed by atoms with Crippen molar-refractivity contribution in [3.05, 3.63) is 0 Å². The van der Waals surface area contributed by atoms with Crippen LogP contribution in [0.5, 0.6) is 0 Å². The van der Waals surface area contributed by atoms with Crippen molar-refractivity contribution in [2.75, 3.05) is 39.6 Å². The maximum Gasteiger partial charge on any atom is 0.220 e. The van der Waals surface area contributed by atoms with Crippen LogP contribution in [0.4, 0.5) is 0 Å².